The normalized spacial score (nSPS) is 26.5. The molecule has 0 bridgehead atoms. The summed E-state index contributed by atoms with van der Waals surface area (Å²) in [7, 11) is 1.51. The van der Waals surface area contributed by atoms with Gasteiger partial charge in [-0.15, -0.1) is 0 Å². The van der Waals surface area contributed by atoms with Crippen LogP contribution in [0.15, 0.2) is 0 Å². The third-order valence-corrected chi connectivity index (χ3v) is 2.94. The van der Waals surface area contributed by atoms with Crippen LogP contribution < -0.4 is 5.32 Å². The van der Waals surface area contributed by atoms with Crippen LogP contribution >= 0.6 is 0 Å². The fraction of sp³-hybridized carbons (Fsp3) is 1.00. The molecule has 0 saturated carbocycles. The first-order chi connectivity index (χ1) is 7.92. The van der Waals surface area contributed by atoms with Gasteiger partial charge in [0.25, 0.3) is 0 Å². The van der Waals surface area contributed by atoms with E-state index >= 15 is 0 Å². The number of nitrogens with one attached hydrogen (secondary N) is 1. The fourth-order valence-electron chi connectivity index (χ4n) is 2.28. The van der Waals surface area contributed by atoms with E-state index in [1.807, 2.05) is 6.92 Å². The lowest BCUT2D eigenvalue weighted by atomic mass is 9.95. The zero-order valence-electron chi connectivity index (χ0n) is 10.4. The first-order valence-corrected chi connectivity index (χ1v) is 5.98. The Kier molecular flexibility index (Phi) is 5.69. The standard InChI is InChI=1S/C11H21F3N2O/c1-3-15-10-4-5-17-7-9(10)6-16(2)8-11(12,13)14/h9-10,15H,3-8H2,1-2H3. The fourth-order valence-corrected chi connectivity index (χ4v) is 2.28. The maximum absolute atomic E-state index is 12.2. The van der Waals surface area contributed by atoms with E-state index in [2.05, 4.69) is 5.32 Å². The average molecular weight is 254 g/mol. The first kappa shape index (κ1) is 14.7. The molecule has 0 aromatic heterocycles. The van der Waals surface area contributed by atoms with Crippen LogP contribution in [0.1, 0.15) is 13.3 Å². The zero-order chi connectivity index (χ0) is 12.9. The van der Waals surface area contributed by atoms with Gasteiger partial charge in [0.1, 0.15) is 0 Å². The summed E-state index contributed by atoms with van der Waals surface area (Å²) >= 11 is 0. The third kappa shape index (κ3) is 5.70. The van der Waals surface area contributed by atoms with Gasteiger partial charge in [0.05, 0.1) is 13.2 Å². The zero-order valence-corrected chi connectivity index (χ0v) is 10.4. The van der Waals surface area contributed by atoms with Crippen LogP contribution in [0.2, 0.25) is 0 Å². The molecule has 1 saturated heterocycles. The monoisotopic (exact) mass is 254 g/mol. The third-order valence-electron chi connectivity index (χ3n) is 2.94. The highest BCUT2D eigenvalue weighted by molar-refractivity contribution is 4.81. The Morgan fingerprint density at radius 1 is 1.41 bits per heavy atom. The maximum Gasteiger partial charge on any atom is 0.401 e. The average Bonchev–Trinajstić information content (AvgIpc) is 2.18. The molecule has 1 N–H and O–H groups in total. The van der Waals surface area contributed by atoms with E-state index < -0.39 is 12.7 Å². The second-order valence-corrected chi connectivity index (χ2v) is 4.60. The van der Waals surface area contributed by atoms with Crippen LogP contribution in [-0.4, -0.2) is 57.0 Å². The van der Waals surface area contributed by atoms with Gasteiger partial charge in [-0.1, -0.05) is 6.92 Å². The van der Waals surface area contributed by atoms with Gasteiger partial charge >= 0.3 is 6.18 Å². The first-order valence-electron chi connectivity index (χ1n) is 5.98. The highest BCUT2D eigenvalue weighted by atomic mass is 19.4. The summed E-state index contributed by atoms with van der Waals surface area (Å²) in [5.74, 6) is 0.135. The number of halogens is 3. The van der Waals surface area contributed by atoms with Gasteiger partial charge in [-0.3, -0.25) is 4.90 Å². The number of hydrogen-bond donors (Lipinski definition) is 1. The number of alkyl halides is 3. The van der Waals surface area contributed by atoms with Crippen molar-refractivity contribution in [3.63, 3.8) is 0 Å². The predicted molar refractivity (Wildman–Crippen MR) is 59.9 cm³/mol. The van der Waals surface area contributed by atoms with Crippen LogP contribution in [0.4, 0.5) is 13.2 Å². The molecule has 0 aromatic rings. The molecule has 0 radical (unpaired) electrons. The lowest BCUT2D eigenvalue weighted by molar-refractivity contribution is -0.145. The minimum atomic E-state index is -4.13. The highest BCUT2D eigenvalue weighted by Crippen LogP contribution is 2.19. The summed E-state index contributed by atoms with van der Waals surface area (Å²) in [5, 5.41) is 3.31. The minimum absolute atomic E-state index is 0.135. The van der Waals surface area contributed by atoms with Crippen molar-refractivity contribution in [1.82, 2.24) is 10.2 Å². The molecule has 1 heterocycles. The van der Waals surface area contributed by atoms with Crippen molar-refractivity contribution in [1.29, 1.82) is 0 Å². The number of nitrogens with zero attached hydrogens (tertiary/aromatic N) is 1. The van der Waals surface area contributed by atoms with Crippen LogP contribution in [0.3, 0.4) is 0 Å². The Bertz CT molecular complexity index is 221. The van der Waals surface area contributed by atoms with Crippen LogP contribution in [0.5, 0.6) is 0 Å². The quantitative estimate of drug-likeness (QED) is 0.804. The van der Waals surface area contributed by atoms with E-state index in [4.69, 9.17) is 4.74 Å². The molecule has 0 amide bonds. The molecule has 1 aliphatic rings. The summed E-state index contributed by atoms with van der Waals surface area (Å²) in [5.41, 5.74) is 0. The molecular formula is C11H21F3N2O. The van der Waals surface area contributed by atoms with Crippen LogP contribution in [0.25, 0.3) is 0 Å². The topological polar surface area (TPSA) is 24.5 Å². The summed E-state index contributed by atoms with van der Waals surface area (Å²) in [6, 6.07) is 0.268. The van der Waals surface area contributed by atoms with Gasteiger partial charge in [-0.05, 0) is 20.0 Å². The summed E-state index contributed by atoms with van der Waals surface area (Å²) < 4.78 is 42.0. The van der Waals surface area contributed by atoms with E-state index in [9.17, 15) is 13.2 Å². The Hall–Kier alpha value is -0.330. The van der Waals surface area contributed by atoms with Crippen molar-refractivity contribution in [3.8, 4) is 0 Å². The second-order valence-electron chi connectivity index (χ2n) is 4.60. The molecule has 1 rings (SSSR count). The van der Waals surface area contributed by atoms with E-state index in [1.165, 1.54) is 11.9 Å². The van der Waals surface area contributed by atoms with Crippen molar-refractivity contribution in [3.05, 3.63) is 0 Å². The largest absolute Gasteiger partial charge is 0.401 e. The van der Waals surface area contributed by atoms with Gasteiger partial charge in [-0.25, -0.2) is 0 Å². The molecule has 2 atom stereocenters. The molecule has 2 unspecified atom stereocenters. The molecule has 0 aliphatic carbocycles. The Morgan fingerprint density at radius 2 is 2.12 bits per heavy atom. The van der Waals surface area contributed by atoms with Crippen molar-refractivity contribution in [2.45, 2.75) is 25.6 Å². The van der Waals surface area contributed by atoms with E-state index in [0.29, 0.717) is 19.8 Å². The molecule has 1 fully saturated rings. The minimum Gasteiger partial charge on any atom is -0.381 e. The van der Waals surface area contributed by atoms with Gasteiger partial charge < -0.3 is 10.1 Å². The second kappa shape index (κ2) is 6.56. The Morgan fingerprint density at radius 3 is 2.71 bits per heavy atom. The molecule has 3 nitrogen and oxygen atoms in total. The smallest absolute Gasteiger partial charge is 0.381 e. The Labute approximate surface area is 100 Å². The highest BCUT2D eigenvalue weighted by Gasteiger charge is 2.32. The molecule has 0 aromatic carbocycles. The van der Waals surface area contributed by atoms with Crippen molar-refractivity contribution < 1.29 is 17.9 Å². The SMILES string of the molecule is CCNC1CCOCC1CN(C)CC(F)(F)F. The Balaban J connectivity index is 2.41. The van der Waals surface area contributed by atoms with Gasteiger partial charge in [0.15, 0.2) is 0 Å². The molecule has 17 heavy (non-hydrogen) atoms. The van der Waals surface area contributed by atoms with E-state index in [0.717, 1.165) is 13.0 Å². The van der Waals surface area contributed by atoms with Crippen LogP contribution in [0, 0.1) is 5.92 Å². The molecular weight excluding hydrogens is 233 g/mol. The van der Waals surface area contributed by atoms with Gasteiger partial charge in [0.2, 0.25) is 0 Å². The summed E-state index contributed by atoms with van der Waals surface area (Å²) in [6.45, 7) is 3.63. The number of hydrogen-bond acceptors (Lipinski definition) is 3. The van der Waals surface area contributed by atoms with Crippen molar-refractivity contribution in [2.75, 3.05) is 39.9 Å². The van der Waals surface area contributed by atoms with Crippen molar-refractivity contribution in [2.24, 2.45) is 5.92 Å². The predicted octanol–water partition coefficient (Wildman–Crippen LogP) is 1.50. The van der Waals surface area contributed by atoms with E-state index in [1.54, 1.807) is 0 Å². The van der Waals surface area contributed by atoms with Crippen molar-refractivity contribution >= 4 is 0 Å². The van der Waals surface area contributed by atoms with E-state index in [-0.39, 0.29) is 12.0 Å². The summed E-state index contributed by atoms with van der Waals surface area (Å²) in [4.78, 5) is 1.32. The van der Waals surface area contributed by atoms with Gasteiger partial charge in [0, 0.05) is 25.1 Å². The number of rotatable bonds is 5. The maximum atomic E-state index is 12.2. The van der Waals surface area contributed by atoms with Gasteiger partial charge in [-0.2, -0.15) is 13.2 Å². The van der Waals surface area contributed by atoms with Crippen LogP contribution in [-0.2, 0) is 4.74 Å². The summed E-state index contributed by atoms with van der Waals surface area (Å²) in [6.07, 6.45) is -3.25. The molecule has 102 valence electrons. The molecule has 6 heteroatoms. The number of ether oxygens (including phenoxy) is 1. The lowest BCUT2D eigenvalue weighted by Gasteiger charge is -2.34. The molecule has 0 spiro atoms. The lowest BCUT2D eigenvalue weighted by Crippen LogP contribution is -2.48. The molecule has 1 aliphatic heterocycles.